The summed E-state index contributed by atoms with van der Waals surface area (Å²) in [5, 5.41) is 16.3. The van der Waals surface area contributed by atoms with E-state index in [2.05, 4.69) is 26.1 Å². The van der Waals surface area contributed by atoms with Crippen molar-refractivity contribution in [3.63, 3.8) is 0 Å². The summed E-state index contributed by atoms with van der Waals surface area (Å²) in [4.78, 5) is 24.0. The first kappa shape index (κ1) is 19.1. The number of urea groups is 1. The number of nitrogens with zero attached hydrogens (tertiary/aromatic N) is 3. The van der Waals surface area contributed by atoms with Gasteiger partial charge in [-0.05, 0) is 30.3 Å². The molecule has 0 atom stereocenters. The summed E-state index contributed by atoms with van der Waals surface area (Å²) in [6.45, 7) is 3.85. The Kier molecular flexibility index (Phi) is 6.01. The van der Waals surface area contributed by atoms with Gasteiger partial charge in [0.25, 0.3) is 0 Å². The maximum atomic E-state index is 12.2. The Balaban J connectivity index is 1.59. The second-order valence-corrected chi connectivity index (χ2v) is 6.49. The number of benzene rings is 2. The lowest BCUT2D eigenvalue weighted by atomic mass is 10.2. The zero-order valence-electron chi connectivity index (χ0n) is 15.7. The molecule has 0 aliphatic rings. The van der Waals surface area contributed by atoms with Crippen LogP contribution in [0.5, 0.6) is 0 Å². The van der Waals surface area contributed by atoms with Crippen molar-refractivity contribution in [2.45, 2.75) is 20.4 Å². The van der Waals surface area contributed by atoms with Crippen LogP contribution in [0, 0.1) is 5.92 Å². The number of hydrogen-bond donors (Lipinski definition) is 3. The summed E-state index contributed by atoms with van der Waals surface area (Å²) in [7, 11) is 0. The van der Waals surface area contributed by atoms with Crippen LogP contribution in [0.3, 0.4) is 0 Å². The van der Waals surface area contributed by atoms with Crippen molar-refractivity contribution < 1.29 is 9.59 Å². The van der Waals surface area contributed by atoms with Gasteiger partial charge in [-0.3, -0.25) is 9.36 Å². The molecule has 3 rings (SSSR count). The van der Waals surface area contributed by atoms with E-state index >= 15 is 0 Å². The van der Waals surface area contributed by atoms with Crippen molar-refractivity contribution in [2.24, 2.45) is 5.92 Å². The Morgan fingerprint density at radius 3 is 2.43 bits per heavy atom. The predicted molar refractivity (Wildman–Crippen MR) is 107 cm³/mol. The third-order valence-electron chi connectivity index (χ3n) is 3.97. The van der Waals surface area contributed by atoms with Crippen LogP contribution < -0.4 is 16.0 Å². The second-order valence-electron chi connectivity index (χ2n) is 6.49. The monoisotopic (exact) mass is 378 g/mol. The number of nitrogens with one attached hydrogen (secondary N) is 3. The number of amides is 3. The molecule has 2 aromatic carbocycles. The Morgan fingerprint density at radius 2 is 1.71 bits per heavy atom. The van der Waals surface area contributed by atoms with Crippen molar-refractivity contribution in [3.05, 3.63) is 66.7 Å². The molecule has 1 heterocycles. The number of rotatable bonds is 6. The van der Waals surface area contributed by atoms with Gasteiger partial charge in [0.2, 0.25) is 5.91 Å². The zero-order valence-corrected chi connectivity index (χ0v) is 15.7. The lowest BCUT2D eigenvalue weighted by Gasteiger charge is -2.11. The standard InChI is InChI=1S/C20H22N6O2/c1-14(2)19(27)23-15-7-6-8-16(11-15)24-20(28)21-12-18-25-22-13-26(18)17-9-4-3-5-10-17/h3-11,13-14H,12H2,1-2H3,(H,23,27)(H2,21,24,28). The molecule has 144 valence electrons. The van der Waals surface area contributed by atoms with Crippen molar-refractivity contribution in [3.8, 4) is 5.69 Å². The van der Waals surface area contributed by atoms with Gasteiger partial charge in [-0.1, -0.05) is 38.1 Å². The van der Waals surface area contributed by atoms with Crippen molar-refractivity contribution in [2.75, 3.05) is 10.6 Å². The molecule has 3 aromatic rings. The van der Waals surface area contributed by atoms with Gasteiger partial charge in [-0.25, -0.2) is 4.79 Å². The van der Waals surface area contributed by atoms with E-state index in [1.807, 2.05) is 48.7 Å². The lowest BCUT2D eigenvalue weighted by molar-refractivity contribution is -0.118. The van der Waals surface area contributed by atoms with E-state index < -0.39 is 0 Å². The van der Waals surface area contributed by atoms with E-state index in [-0.39, 0.29) is 24.4 Å². The fourth-order valence-electron chi connectivity index (χ4n) is 2.48. The fourth-order valence-corrected chi connectivity index (χ4v) is 2.48. The number of hydrogen-bond acceptors (Lipinski definition) is 4. The van der Waals surface area contributed by atoms with Crippen LogP contribution in [0.2, 0.25) is 0 Å². The largest absolute Gasteiger partial charge is 0.331 e. The first-order valence-electron chi connectivity index (χ1n) is 8.93. The number of aromatic nitrogens is 3. The number of carbonyl (C=O) groups excluding carboxylic acids is 2. The van der Waals surface area contributed by atoms with Crippen LogP contribution in [0.1, 0.15) is 19.7 Å². The summed E-state index contributed by atoms with van der Waals surface area (Å²) < 4.78 is 1.81. The first-order valence-corrected chi connectivity index (χ1v) is 8.93. The minimum absolute atomic E-state index is 0.0816. The van der Waals surface area contributed by atoms with E-state index in [9.17, 15) is 9.59 Å². The topological polar surface area (TPSA) is 101 Å². The number of carbonyl (C=O) groups is 2. The van der Waals surface area contributed by atoms with Crippen LogP contribution in [0.25, 0.3) is 5.69 Å². The first-order chi connectivity index (χ1) is 13.5. The molecular formula is C20H22N6O2. The maximum absolute atomic E-state index is 12.2. The highest BCUT2D eigenvalue weighted by molar-refractivity contribution is 5.94. The van der Waals surface area contributed by atoms with E-state index in [4.69, 9.17) is 0 Å². The highest BCUT2D eigenvalue weighted by Crippen LogP contribution is 2.16. The molecule has 28 heavy (non-hydrogen) atoms. The van der Waals surface area contributed by atoms with Gasteiger partial charge in [0.1, 0.15) is 6.33 Å². The maximum Gasteiger partial charge on any atom is 0.319 e. The smallest absolute Gasteiger partial charge is 0.319 e. The van der Waals surface area contributed by atoms with E-state index in [0.29, 0.717) is 17.2 Å². The average molecular weight is 378 g/mol. The van der Waals surface area contributed by atoms with Gasteiger partial charge in [0.05, 0.1) is 6.54 Å². The molecule has 0 bridgehead atoms. The highest BCUT2D eigenvalue weighted by Gasteiger charge is 2.10. The molecule has 3 amide bonds. The summed E-state index contributed by atoms with van der Waals surface area (Å²) in [5.41, 5.74) is 2.11. The predicted octanol–water partition coefficient (Wildman–Crippen LogP) is 3.18. The summed E-state index contributed by atoms with van der Waals surface area (Å²) in [5.74, 6) is 0.406. The average Bonchev–Trinajstić information content (AvgIpc) is 3.16. The van der Waals surface area contributed by atoms with E-state index in [1.54, 1.807) is 30.6 Å². The van der Waals surface area contributed by atoms with Crippen molar-refractivity contribution in [1.82, 2.24) is 20.1 Å². The summed E-state index contributed by atoms with van der Waals surface area (Å²) in [6, 6.07) is 16.2. The molecule has 0 aliphatic carbocycles. The molecular weight excluding hydrogens is 356 g/mol. The molecule has 8 nitrogen and oxygen atoms in total. The van der Waals surface area contributed by atoms with Crippen LogP contribution in [-0.4, -0.2) is 26.7 Å². The van der Waals surface area contributed by atoms with Crippen molar-refractivity contribution >= 4 is 23.3 Å². The minimum atomic E-state index is -0.380. The Bertz CT molecular complexity index is 952. The normalized spacial score (nSPS) is 10.5. The van der Waals surface area contributed by atoms with Gasteiger partial charge in [-0.2, -0.15) is 0 Å². The molecule has 0 saturated heterocycles. The second kappa shape index (κ2) is 8.81. The van der Waals surface area contributed by atoms with E-state index in [1.165, 1.54) is 0 Å². The molecule has 0 radical (unpaired) electrons. The van der Waals surface area contributed by atoms with Gasteiger partial charge in [-0.15, -0.1) is 10.2 Å². The quantitative estimate of drug-likeness (QED) is 0.613. The lowest BCUT2D eigenvalue weighted by Crippen LogP contribution is -2.29. The van der Waals surface area contributed by atoms with Gasteiger partial charge in [0, 0.05) is 23.0 Å². The number of para-hydroxylation sites is 1. The van der Waals surface area contributed by atoms with Gasteiger partial charge < -0.3 is 16.0 Å². The number of anilines is 2. The van der Waals surface area contributed by atoms with Crippen LogP contribution in [-0.2, 0) is 11.3 Å². The zero-order chi connectivity index (χ0) is 19.9. The van der Waals surface area contributed by atoms with E-state index in [0.717, 1.165) is 5.69 Å². The molecule has 0 aliphatic heterocycles. The highest BCUT2D eigenvalue weighted by atomic mass is 16.2. The Hall–Kier alpha value is -3.68. The molecule has 0 unspecified atom stereocenters. The SMILES string of the molecule is CC(C)C(=O)Nc1cccc(NC(=O)NCc2nncn2-c2ccccc2)c1. The van der Waals surface area contributed by atoms with Crippen LogP contribution >= 0.6 is 0 Å². The van der Waals surface area contributed by atoms with Crippen LogP contribution in [0.4, 0.5) is 16.2 Å². The molecule has 8 heteroatoms. The fraction of sp³-hybridized carbons (Fsp3) is 0.200. The summed E-state index contributed by atoms with van der Waals surface area (Å²) >= 11 is 0. The third kappa shape index (κ3) is 4.94. The van der Waals surface area contributed by atoms with Crippen molar-refractivity contribution in [1.29, 1.82) is 0 Å². The minimum Gasteiger partial charge on any atom is -0.331 e. The molecule has 1 aromatic heterocycles. The van der Waals surface area contributed by atoms with Gasteiger partial charge in [0.15, 0.2) is 5.82 Å². The Morgan fingerprint density at radius 1 is 1.00 bits per heavy atom. The summed E-state index contributed by atoms with van der Waals surface area (Å²) in [6.07, 6.45) is 1.60. The molecule has 0 fully saturated rings. The van der Waals surface area contributed by atoms with Gasteiger partial charge >= 0.3 is 6.03 Å². The molecule has 0 saturated carbocycles. The van der Waals surface area contributed by atoms with Crippen LogP contribution in [0.15, 0.2) is 60.9 Å². The third-order valence-corrected chi connectivity index (χ3v) is 3.97. The Labute approximate surface area is 163 Å². The molecule has 3 N–H and O–H groups in total. The molecule has 0 spiro atoms.